The molecule has 2 saturated heterocycles. The minimum absolute atomic E-state index is 0.0366. The predicted molar refractivity (Wildman–Crippen MR) is 107 cm³/mol. The molecule has 0 amide bonds. The summed E-state index contributed by atoms with van der Waals surface area (Å²) < 4.78 is 23.1. The van der Waals surface area contributed by atoms with Crippen molar-refractivity contribution < 1.29 is 18.6 Å². The van der Waals surface area contributed by atoms with Crippen molar-refractivity contribution in [2.45, 2.75) is 105 Å². The van der Waals surface area contributed by atoms with Crippen molar-refractivity contribution in [1.29, 1.82) is 0 Å². The average molecular weight is 354 g/mol. The summed E-state index contributed by atoms with van der Waals surface area (Å²) in [5, 5.41) is 0.140. The molecule has 2 aliphatic heterocycles. The molecule has 2 fully saturated rings. The van der Waals surface area contributed by atoms with Gasteiger partial charge in [0, 0.05) is 18.6 Å². The van der Waals surface area contributed by atoms with Crippen LogP contribution in [0.2, 0.25) is 10.6 Å². The molecule has 0 radical (unpaired) electrons. The molecule has 2 aliphatic rings. The highest BCUT2D eigenvalue weighted by Gasteiger charge is 2.54. The predicted octanol–water partition coefficient (Wildman–Crippen LogP) is 5.23. The lowest BCUT2D eigenvalue weighted by atomic mass is 9.60. The Kier molecular flexibility index (Phi) is 6.61. The molecule has 0 aromatic rings. The van der Waals surface area contributed by atoms with Gasteiger partial charge in [-0.1, -0.05) is 55.4 Å². The van der Waals surface area contributed by atoms with E-state index in [1.807, 2.05) is 0 Å². The molecule has 0 unspecified atom stereocenters. The maximum atomic E-state index is 5.91. The van der Waals surface area contributed by atoms with Crippen LogP contribution >= 0.6 is 0 Å². The van der Waals surface area contributed by atoms with Gasteiger partial charge in [0.15, 0.2) is 0 Å². The Labute approximate surface area is 157 Å². The molecular weight excluding hydrogens is 314 g/mol. The van der Waals surface area contributed by atoms with Crippen LogP contribution in [0.1, 0.15) is 83.1 Å². The fourth-order valence-electron chi connectivity index (χ4n) is 2.39. The van der Waals surface area contributed by atoms with Crippen molar-refractivity contribution in [3.8, 4) is 0 Å². The van der Waals surface area contributed by atoms with Crippen molar-refractivity contribution in [2.24, 2.45) is 5.41 Å². The highest BCUT2D eigenvalue weighted by atomic mass is 16.7. The lowest BCUT2D eigenvalue weighted by Gasteiger charge is -2.37. The Hall–Kier alpha value is -0.0301. The SMILES string of the molecule is CC(C)(C)B1OC(C)(C)C(C)(C)O1.CC1(C)COB(C(C)(C)C)OC1. The Balaban J connectivity index is 0.000000251. The fraction of sp³-hybridized carbons (Fsp3) is 1.00. The van der Waals surface area contributed by atoms with E-state index in [1.165, 1.54) is 0 Å². The number of hydrogen-bond acceptors (Lipinski definition) is 4. The summed E-state index contributed by atoms with van der Waals surface area (Å²) in [7, 11) is -0.136. The Morgan fingerprint density at radius 1 is 0.600 bits per heavy atom. The molecule has 0 aliphatic carbocycles. The third-order valence-corrected chi connectivity index (χ3v) is 4.92. The Morgan fingerprint density at radius 3 is 1.16 bits per heavy atom. The third-order valence-electron chi connectivity index (χ3n) is 4.92. The highest BCUT2D eigenvalue weighted by molar-refractivity contribution is 6.49. The van der Waals surface area contributed by atoms with Crippen LogP contribution in [0.25, 0.3) is 0 Å². The van der Waals surface area contributed by atoms with E-state index in [0.29, 0.717) is 0 Å². The van der Waals surface area contributed by atoms with Crippen LogP contribution in [-0.4, -0.2) is 38.7 Å². The second kappa shape index (κ2) is 7.18. The van der Waals surface area contributed by atoms with E-state index in [1.54, 1.807) is 0 Å². The smallest absolute Gasteiger partial charge is 0.410 e. The molecule has 0 aromatic heterocycles. The van der Waals surface area contributed by atoms with Crippen LogP contribution in [0.4, 0.5) is 0 Å². The monoisotopic (exact) mass is 354 g/mol. The summed E-state index contributed by atoms with van der Waals surface area (Å²) in [4.78, 5) is 0. The Bertz CT molecular complexity index is 421. The summed E-state index contributed by atoms with van der Waals surface area (Å²) in [6, 6.07) is 0. The fourth-order valence-corrected chi connectivity index (χ4v) is 2.39. The standard InChI is InChI=1S/C10H21BO2.C9H19BO2/c1-8(2,3)11-12-9(4,5)10(6,7)13-11;1-8(2,3)10-11-6-9(4,5)7-12-10/h1-7H3;6-7H2,1-5H3. The molecular formula is C19H40B2O4. The minimum Gasteiger partial charge on any atom is -0.410 e. The van der Waals surface area contributed by atoms with Crippen LogP contribution < -0.4 is 0 Å². The second-order valence-electron chi connectivity index (χ2n) is 11.4. The van der Waals surface area contributed by atoms with E-state index < -0.39 is 0 Å². The van der Waals surface area contributed by atoms with Crippen molar-refractivity contribution >= 4 is 14.2 Å². The van der Waals surface area contributed by atoms with Crippen molar-refractivity contribution in [1.82, 2.24) is 0 Å². The zero-order valence-corrected chi connectivity index (χ0v) is 18.7. The summed E-state index contributed by atoms with van der Waals surface area (Å²) in [5.74, 6) is 0. The summed E-state index contributed by atoms with van der Waals surface area (Å²) in [5.41, 5.74) is -0.225. The quantitative estimate of drug-likeness (QED) is 0.559. The van der Waals surface area contributed by atoms with Gasteiger partial charge < -0.3 is 18.6 Å². The molecule has 4 nitrogen and oxygen atoms in total. The van der Waals surface area contributed by atoms with Crippen LogP contribution in [0.15, 0.2) is 0 Å². The first kappa shape index (κ1) is 23.0. The molecule has 2 heterocycles. The minimum atomic E-state index is -0.203. The zero-order valence-electron chi connectivity index (χ0n) is 18.7. The topological polar surface area (TPSA) is 36.9 Å². The van der Waals surface area contributed by atoms with Gasteiger partial charge in [0.2, 0.25) is 0 Å². The van der Waals surface area contributed by atoms with Crippen LogP contribution in [-0.2, 0) is 18.6 Å². The normalized spacial score (nSPS) is 25.4. The van der Waals surface area contributed by atoms with E-state index in [0.717, 1.165) is 13.2 Å². The molecule has 2 rings (SSSR count). The zero-order chi connectivity index (χ0) is 19.9. The van der Waals surface area contributed by atoms with Gasteiger partial charge in [0.05, 0.1) is 11.2 Å². The first-order valence-corrected chi connectivity index (χ1v) is 9.46. The van der Waals surface area contributed by atoms with Crippen LogP contribution in [0, 0.1) is 5.41 Å². The molecule has 0 bridgehead atoms. The van der Waals surface area contributed by atoms with Gasteiger partial charge in [-0.3, -0.25) is 0 Å². The molecule has 0 aromatic carbocycles. The van der Waals surface area contributed by atoms with Gasteiger partial charge >= 0.3 is 14.2 Å². The molecule has 25 heavy (non-hydrogen) atoms. The van der Waals surface area contributed by atoms with Gasteiger partial charge in [-0.2, -0.15) is 0 Å². The van der Waals surface area contributed by atoms with E-state index >= 15 is 0 Å². The van der Waals surface area contributed by atoms with Gasteiger partial charge in [-0.05, 0) is 38.3 Å². The largest absolute Gasteiger partial charge is 0.463 e. The van der Waals surface area contributed by atoms with Gasteiger partial charge in [-0.15, -0.1) is 0 Å². The summed E-state index contributed by atoms with van der Waals surface area (Å²) in [6.07, 6.45) is 0. The second-order valence-corrected chi connectivity index (χ2v) is 11.4. The van der Waals surface area contributed by atoms with Crippen LogP contribution in [0.5, 0.6) is 0 Å². The molecule has 6 heteroatoms. The molecule has 0 N–H and O–H groups in total. The molecule has 0 spiro atoms. The number of hydrogen-bond donors (Lipinski definition) is 0. The molecule has 0 saturated carbocycles. The third kappa shape index (κ3) is 6.27. The van der Waals surface area contributed by atoms with Crippen molar-refractivity contribution in [2.75, 3.05) is 13.2 Å². The molecule has 146 valence electrons. The lowest BCUT2D eigenvalue weighted by molar-refractivity contribution is 0.00578. The molecule has 0 atom stereocenters. The average Bonchev–Trinajstić information content (AvgIpc) is 2.57. The van der Waals surface area contributed by atoms with Crippen molar-refractivity contribution in [3.05, 3.63) is 0 Å². The summed E-state index contributed by atoms with van der Waals surface area (Å²) in [6.45, 7) is 27.1. The van der Waals surface area contributed by atoms with E-state index in [9.17, 15) is 0 Å². The Morgan fingerprint density at radius 2 is 0.920 bits per heavy atom. The van der Waals surface area contributed by atoms with E-state index in [4.69, 9.17) is 18.6 Å². The van der Waals surface area contributed by atoms with Gasteiger partial charge in [0.25, 0.3) is 0 Å². The maximum absolute atomic E-state index is 5.91. The first-order valence-electron chi connectivity index (χ1n) is 9.46. The van der Waals surface area contributed by atoms with E-state index in [-0.39, 0.29) is 41.5 Å². The van der Waals surface area contributed by atoms with Crippen molar-refractivity contribution in [3.63, 3.8) is 0 Å². The van der Waals surface area contributed by atoms with Crippen LogP contribution in [0.3, 0.4) is 0 Å². The highest BCUT2D eigenvalue weighted by Crippen LogP contribution is 2.44. The maximum Gasteiger partial charge on any atom is 0.463 e. The summed E-state index contributed by atoms with van der Waals surface area (Å²) >= 11 is 0. The van der Waals surface area contributed by atoms with E-state index in [2.05, 4.69) is 83.1 Å². The van der Waals surface area contributed by atoms with Gasteiger partial charge in [0.1, 0.15) is 0 Å². The van der Waals surface area contributed by atoms with Gasteiger partial charge in [-0.25, -0.2) is 0 Å². The first-order chi connectivity index (χ1) is 10.9. The lowest BCUT2D eigenvalue weighted by Crippen LogP contribution is -2.45. The number of rotatable bonds is 0.